The van der Waals surface area contributed by atoms with Crippen molar-refractivity contribution in [2.24, 2.45) is 0 Å². The van der Waals surface area contributed by atoms with Gasteiger partial charge in [0.2, 0.25) is 0 Å². The summed E-state index contributed by atoms with van der Waals surface area (Å²) in [6, 6.07) is 0. The van der Waals surface area contributed by atoms with Crippen LogP contribution in [0.2, 0.25) is 0 Å². The van der Waals surface area contributed by atoms with Crippen molar-refractivity contribution >= 4 is 5.91 Å². The molecule has 92 valence electrons. The summed E-state index contributed by atoms with van der Waals surface area (Å²) in [7, 11) is 0. The molecule has 16 heavy (non-hydrogen) atoms. The van der Waals surface area contributed by atoms with Gasteiger partial charge >= 0.3 is 0 Å². The first-order valence-corrected chi connectivity index (χ1v) is 6.40. The van der Waals surface area contributed by atoms with Crippen LogP contribution in [0.4, 0.5) is 0 Å². The molecule has 0 aromatic carbocycles. The van der Waals surface area contributed by atoms with Gasteiger partial charge in [0.1, 0.15) is 5.60 Å². The molecule has 1 heterocycles. The van der Waals surface area contributed by atoms with Crippen LogP contribution in [-0.4, -0.2) is 59.1 Å². The van der Waals surface area contributed by atoms with Gasteiger partial charge in [-0.3, -0.25) is 4.79 Å². The van der Waals surface area contributed by atoms with Gasteiger partial charge in [-0.2, -0.15) is 0 Å². The molecule has 0 unspecified atom stereocenters. The fraction of sp³-hybridized carbons (Fsp3) is 0.917. The highest BCUT2D eigenvalue weighted by Crippen LogP contribution is 2.31. The molecule has 0 aromatic heterocycles. The van der Waals surface area contributed by atoms with E-state index in [1.807, 2.05) is 4.90 Å². The molecular weight excluding hydrogens is 204 g/mol. The Balaban J connectivity index is 1.91. The van der Waals surface area contributed by atoms with Crippen molar-refractivity contribution in [3.63, 3.8) is 0 Å². The van der Waals surface area contributed by atoms with E-state index in [2.05, 4.69) is 11.8 Å². The number of piperazine rings is 1. The second-order valence-corrected chi connectivity index (χ2v) is 4.97. The number of rotatable bonds is 2. The summed E-state index contributed by atoms with van der Waals surface area (Å²) in [5.74, 6) is -0.0271. The number of hydrogen-bond donors (Lipinski definition) is 1. The predicted octanol–water partition coefficient (Wildman–Crippen LogP) is 0.456. The summed E-state index contributed by atoms with van der Waals surface area (Å²) < 4.78 is 0. The van der Waals surface area contributed by atoms with Gasteiger partial charge in [-0.25, -0.2) is 0 Å². The van der Waals surface area contributed by atoms with Crippen molar-refractivity contribution in [3.8, 4) is 0 Å². The number of amides is 1. The van der Waals surface area contributed by atoms with Gasteiger partial charge in [0, 0.05) is 26.2 Å². The average molecular weight is 226 g/mol. The van der Waals surface area contributed by atoms with E-state index in [1.54, 1.807) is 0 Å². The van der Waals surface area contributed by atoms with E-state index in [0.717, 1.165) is 45.6 Å². The molecule has 2 fully saturated rings. The van der Waals surface area contributed by atoms with Crippen molar-refractivity contribution in [2.45, 2.75) is 38.2 Å². The summed E-state index contributed by atoms with van der Waals surface area (Å²) in [4.78, 5) is 16.4. The molecule has 1 N–H and O–H groups in total. The molecule has 1 saturated heterocycles. The highest BCUT2D eigenvalue weighted by Gasteiger charge is 2.41. The minimum absolute atomic E-state index is 0.0271. The van der Waals surface area contributed by atoms with Crippen molar-refractivity contribution < 1.29 is 9.90 Å². The van der Waals surface area contributed by atoms with Crippen LogP contribution in [-0.2, 0) is 4.79 Å². The molecule has 0 spiro atoms. The van der Waals surface area contributed by atoms with Gasteiger partial charge in [0.15, 0.2) is 0 Å². The van der Waals surface area contributed by atoms with Crippen LogP contribution >= 0.6 is 0 Å². The maximum Gasteiger partial charge on any atom is 0.254 e. The fourth-order valence-corrected chi connectivity index (χ4v) is 2.74. The molecule has 1 aliphatic heterocycles. The number of likely N-dealkylation sites (N-methyl/N-ethyl adjacent to an activating group) is 1. The smallest absolute Gasteiger partial charge is 0.254 e. The van der Waals surface area contributed by atoms with Gasteiger partial charge in [-0.05, 0) is 32.2 Å². The quantitative estimate of drug-likeness (QED) is 0.744. The van der Waals surface area contributed by atoms with E-state index in [1.165, 1.54) is 0 Å². The summed E-state index contributed by atoms with van der Waals surface area (Å²) in [6.45, 7) is 6.62. The molecule has 0 aromatic rings. The van der Waals surface area contributed by atoms with Crippen molar-refractivity contribution in [1.29, 1.82) is 0 Å². The monoisotopic (exact) mass is 226 g/mol. The molecule has 2 rings (SSSR count). The third-order valence-electron chi connectivity index (χ3n) is 3.94. The first kappa shape index (κ1) is 11.9. The zero-order valence-corrected chi connectivity index (χ0v) is 10.1. The Labute approximate surface area is 97.2 Å². The third kappa shape index (κ3) is 2.23. The number of aliphatic hydroxyl groups is 1. The zero-order valence-electron chi connectivity index (χ0n) is 10.1. The SMILES string of the molecule is CCN1CCN(C(=O)C2(O)CCCC2)CC1. The van der Waals surface area contributed by atoms with Crippen molar-refractivity contribution in [1.82, 2.24) is 9.80 Å². The molecule has 4 nitrogen and oxygen atoms in total. The molecule has 0 radical (unpaired) electrons. The molecular formula is C12H22N2O2. The van der Waals surface area contributed by atoms with E-state index >= 15 is 0 Å². The molecule has 0 atom stereocenters. The van der Waals surface area contributed by atoms with E-state index in [-0.39, 0.29) is 5.91 Å². The van der Waals surface area contributed by atoms with E-state index < -0.39 is 5.60 Å². The number of carbonyl (C=O) groups is 1. The van der Waals surface area contributed by atoms with Crippen molar-refractivity contribution in [2.75, 3.05) is 32.7 Å². The summed E-state index contributed by atoms with van der Waals surface area (Å²) in [6.07, 6.45) is 3.27. The highest BCUT2D eigenvalue weighted by atomic mass is 16.3. The lowest BCUT2D eigenvalue weighted by Gasteiger charge is -2.37. The fourth-order valence-electron chi connectivity index (χ4n) is 2.74. The zero-order chi connectivity index (χ0) is 11.6. The van der Waals surface area contributed by atoms with E-state index in [9.17, 15) is 9.90 Å². The van der Waals surface area contributed by atoms with Crippen LogP contribution in [0.3, 0.4) is 0 Å². The normalized spacial score (nSPS) is 26.0. The maximum absolute atomic E-state index is 12.2. The van der Waals surface area contributed by atoms with Crippen LogP contribution in [0.1, 0.15) is 32.6 Å². The van der Waals surface area contributed by atoms with Gasteiger partial charge in [-0.1, -0.05) is 6.92 Å². The maximum atomic E-state index is 12.2. The number of nitrogens with zero attached hydrogens (tertiary/aromatic N) is 2. The van der Waals surface area contributed by atoms with Gasteiger partial charge in [0.05, 0.1) is 0 Å². The molecule has 1 saturated carbocycles. The van der Waals surface area contributed by atoms with E-state index in [4.69, 9.17) is 0 Å². The molecule has 1 aliphatic carbocycles. The lowest BCUT2D eigenvalue weighted by molar-refractivity contribution is -0.152. The lowest BCUT2D eigenvalue weighted by Crippen LogP contribution is -2.54. The van der Waals surface area contributed by atoms with Crippen LogP contribution in [0.5, 0.6) is 0 Å². The molecule has 2 aliphatic rings. The molecule has 0 bridgehead atoms. The largest absolute Gasteiger partial charge is 0.380 e. The van der Waals surface area contributed by atoms with Crippen LogP contribution < -0.4 is 0 Å². The van der Waals surface area contributed by atoms with E-state index in [0.29, 0.717) is 12.8 Å². The minimum atomic E-state index is -1.03. The summed E-state index contributed by atoms with van der Waals surface area (Å²) in [5, 5.41) is 10.2. The average Bonchev–Trinajstić information content (AvgIpc) is 2.77. The standard InChI is InChI=1S/C12H22N2O2/c1-2-13-7-9-14(10-8-13)11(15)12(16)5-3-4-6-12/h16H,2-10H2,1H3. The van der Waals surface area contributed by atoms with Crippen LogP contribution in [0, 0.1) is 0 Å². The Hall–Kier alpha value is -0.610. The highest BCUT2D eigenvalue weighted by molar-refractivity contribution is 5.85. The topological polar surface area (TPSA) is 43.8 Å². The lowest BCUT2D eigenvalue weighted by atomic mass is 10.00. The number of carbonyl (C=O) groups excluding carboxylic acids is 1. The van der Waals surface area contributed by atoms with Gasteiger partial charge < -0.3 is 14.9 Å². The van der Waals surface area contributed by atoms with Crippen molar-refractivity contribution in [3.05, 3.63) is 0 Å². The van der Waals surface area contributed by atoms with Gasteiger partial charge in [0.25, 0.3) is 5.91 Å². The summed E-state index contributed by atoms with van der Waals surface area (Å²) in [5.41, 5.74) is -1.03. The first-order chi connectivity index (χ1) is 7.65. The summed E-state index contributed by atoms with van der Waals surface area (Å²) >= 11 is 0. The Bertz CT molecular complexity index is 254. The second-order valence-electron chi connectivity index (χ2n) is 4.97. The number of hydrogen-bond acceptors (Lipinski definition) is 3. The van der Waals surface area contributed by atoms with Crippen LogP contribution in [0.25, 0.3) is 0 Å². The van der Waals surface area contributed by atoms with Gasteiger partial charge in [-0.15, -0.1) is 0 Å². The third-order valence-corrected chi connectivity index (χ3v) is 3.94. The minimum Gasteiger partial charge on any atom is -0.380 e. The Morgan fingerprint density at radius 3 is 2.25 bits per heavy atom. The van der Waals surface area contributed by atoms with Crippen LogP contribution in [0.15, 0.2) is 0 Å². The Kier molecular flexibility index (Phi) is 3.50. The Morgan fingerprint density at radius 2 is 1.75 bits per heavy atom. The Morgan fingerprint density at radius 1 is 1.19 bits per heavy atom. The second kappa shape index (κ2) is 4.72. The first-order valence-electron chi connectivity index (χ1n) is 6.40. The molecule has 4 heteroatoms. The molecule has 1 amide bonds. The predicted molar refractivity (Wildman–Crippen MR) is 62.1 cm³/mol.